The van der Waals surface area contributed by atoms with E-state index in [9.17, 15) is 18.8 Å². The second-order valence-electron chi connectivity index (χ2n) is 7.31. The molecule has 4 amide bonds. The fraction of sp³-hybridized carbons (Fsp3) is 0.0800. The Labute approximate surface area is 189 Å². The van der Waals surface area contributed by atoms with Crippen LogP contribution in [0.15, 0.2) is 72.3 Å². The van der Waals surface area contributed by atoms with Crippen LogP contribution < -0.4 is 10.2 Å². The van der Waals surface area contributed by atoms with Crippen LogP contribution in [-0.4, -0.2) is 17.8 Å². The van der Waals surface area contributed by atoms with Gasteiger partial charge in [-0.05, 0) is 53.5 Å². The number of urea groups is 1. The molecule has 0 atom stereocenters. The van der Waals surface area contributed by atoms with Crippen molar-refractivity contribution in [3.63, 3.8) is 0 Å². The Morgan fingerprint density at radius 1 is 0.938 bits per heavy atom. The third-order valence-electron chi connectivity index (χ3n) is 5.28. The minimum atomic E-state index is -0.845. The number of nitrogens with zero attached hydrogens (tertiary/aromatic N) is 1. The summed E-state index contributed by atoms with van der Waals surface area (Å²) in [5.41, 5.74) is 2.41. The molecule has 1 N–H and O–H groups in total. The van der Waals surface area contributed by atoms with E-state index in [0.717, 1.165) is 10.5 Å². The molecule has 3 aromatic rings. The Bertz CT molecular complexity index is 1290. The van der Waals surface area contributed by atoms with Gasteiger partial charge in [0, 0.05) is 11.4 Å². The summed E-state index contributed by atoms with van der Waals surface area (Å²) in [5, 5.41) is 2.60. The smallest absolute Gasteiger partial charge is 0.273 e. The predicted molar refractivity (Wildman–Crippen MR) is 121 cm³/mol. The molecule has 1 aliphatic heterocycles. The highest BCUT2D eigenvalue weighted by Crippen LogP contribution is 2.30. The molecule has 0 aromatic heterocycles. The zero-order chi connectivity index (χ0) is 22.8. The number of hydrogen-bond donors (Lipinski definition) is 1. The average molecular weight is 449 g/mol. The number of amides is 4. The van der Waals surface area contributed by atoms with Gasteiger partial charge in [0.1, 0.15) is 11.4 Å². The Morgan fingerprint density at radius 3 is 2.38 bits per heavy atom. The van der Waals surface area contributed by atoms with Gasteiger partial charge in [-0.1, -0.05) is 60.1 Å². The maximum atomic E-state index is 14.2. The minimum absolute atomic E-state index is 0.204. The summed E-state index contributed by atoms with van der Waals surface area (Å²) in [5.74, 6) is -1.89. The number of rotatable bonds is 4. The first-order valence-electron chi connectivity index (χ1n) is 9.84. The number of carbonyl (C=O) groups is 3. The highest BCUT2D eigenvalue weighted by molar-refractivity contribution is 6.40. The number of hydrogen-bond acceptors (Lipinski definition) is 3. The SMILES string of the molecule is Cc1c(Cl)cccc1N1C(=O)NC(=O)/C(=C\c2ccccc2Cc2ccccc2F)C1=O. The van der Waals surface area contributed by atoms with Gasteiger partial charge in [0.15, 0.2) is 0 Å². The molecule has 0 spiro atoms. The van der Waals surface area contributed by atoms with Crippen LogP contribution in [0, 0.1) is 12.7 Å². The van der Waals surface area contributed by atoms with Crippen molar-refractivity contribution in [3.05, 3.63) is 105 Å². The lowest BCUT2D eigenvalue weighted by Gasteiger charge is -2.28. The Hall–Kier alpha value is -3.77. The van der Waals surface area contributed by atoms with E-state index >= 15 is 0 Å². The molecule has 0 bridgehead atoms. The maximum absolute atomic E-state index is 14.2. The summed E-state index contributed by atoms with van der Waals surface area (Å²) in [6.07, 6.45) is 1.70. The number of anilines is 1. The monoisotopic (exact) mass is 448 g/mol. The third-order valence-corrected chi connectivity index (χ3v) is 5.68. The molecule has 0 radical (unpaired) electrons. The van der Waals surface area contributed by atoms with Gasteiger partial charge in [-0.25, -0.2) is 14.1 Å². The van der Waals surface area contributed by atoms with Gasteiger partial charge in [-0.15, -0.1) is 0 Å². The van der Waals surface area contributed by atoms with Crippen molar-refractivity contribution in [1.29, 1.82) is 0 Å². The largest absolute Gasteiger partial charge is 0.335 e. The van der Waals surface area contributed by atoms with Crippen molar-refractivity contribution in [1.82, 2.24) is 5.32 Å². The molecule has 32 heavy (non-hydrogen) atoms. The summed E-state index contributed by atoms with van der Waals surface area (Å²) in [7, 11) is 0. The Kier molecular flexibility index (Phi) is 5.88. The van der Waals surface area contributed by atoms with Crippen LogP contribution in [0.3, 0.4) is 0 Å². The van der Waals surface area contributed by atoms with Gasteiger partial charge in [0.2, 0.25) is 0 Å². The van der Waals surface area contributed by atoms with E-state index in [1.54, 1.807) is 67.6 Å². The van der Waals surface area contributed by atoms with E-state index < -0.39 is 17.8 Å². The van der Waals surface area contributed by atoms with Crippen LogP contribution in [0.5, 0.6) is 0 Å². The topological polar surface area (TPSA) is 66.5 Å². The van der Waals surface area contributed by atoms with E-state index in [0.29, 0.717) is 21.7 Å². The molecule has 0 saturated carbocycles. The molecule has 0 unspecified atom stereocenters. The van der Waals surface area contributed by atoms with E-state index in [1.807, 2.05) is 0 Å². The lowest BCUT2D eigenvalue weighted by Crippen LogP contribution is -2.54. The van der Waals surface area contributed by atoms with Crippen LogP contribution in [0.1, 0.15) is 22.3 Å². The first kappa shape index (κ1) is 21.5. The van der Waals surface area contributed by atoms with Crippen molar-refractivity contribution in [2.24, 2.45) is 0 Å². The van der Waals surface area contributed by atoms with Crippen LogP contribution in [-0.2, 0) is 16.0 Å². The van der Waals surface area contributed by atoms with Gasteiger partial charge in [0.05, 0.1) is 5.69 Å². The fourth-order valence-corrected chi connectivity index (χ4v) is 3.72. The summed E-state index contributed by atoms with van der Waals surface area (Å²) in [6.45, 7) is 1.68. The third kappa shape index (κ3) is 4.05. The summed E-state index contributed by atoms with van der Waals surface area (Å²) < 4.78 is 14.2. The first-order valence-corrected chi connectivity index (χ1v) is 10.2. The van der Waals surface area contributed by atoms with Crippen molar-refractivity contribution in [3.8, 4) is 0 Å². The van der Waals surface area contributed by atoms with Crippen LogP contribution in [0.2, 0.25) is 5.02 Å². The van der Waals surface area contributed by atoms with Crippen LogP contribution in [0.4, 0.5) is 14.9 Å². The summed E-state index contributed by atoms with van der Waals surface area (Å²) in [4.78, 5) is 39.1. The molecule has 1 fully saturated rings. The lowest BCUT2D eigenvalue weighted by molar-refractivity contribution is -0.122. The van der Waals surface area contributed by atoms with Gasteiger partial charge in [-0.3, -0.25) is 14.9 Å². The molecule has 1 saturated heterocycles. The molecular formula is C25H18ClFN2O3. The lowest BCUT2D eigenvalue weighted by atomic mass is 9.97. The van der Waals surface area contributed by atoms with E-state index in [-0.39, 0.29) is 23.5 Å². The van der Waals surface area contributed by atoms with Crippen LogP contribution >= 0.6 is 11.6 Å². The average Bonchev–Trinajstić information content (AvgIpc) is 2.76. The molecular weight excluding hydrogens is 431 g/mol. The highest BCUT2D eigenvalue weighted by atomic mass is 35.5. The molecule has 1 heterocycles. The number of nitrogens with one attached hydrogen (secondary N) is 1. The highest BCUT2D eigenvalue weighted by Gasteiger charge is 2.37. The quantitative estimate of drug-likeness (QED) is 0.449. The van der Waals surface area contributed by atoms with E-state index in [4.69, 9.17) is 11.6 Å². The molecule has 160 valence electrons. The second kappa shape index (κ2) is 8.77. The molecule has 5 nitrogen and oxygen atoms in total. The number of halogens is 2. The van der Waals surface area contributed by atoms with Gasteiger partial charge in [0.25, 0.3) is 11.8 Å². The number of barbiturate groups is 1. The van der Waals surface area contributed by atoms with Gasteiger partial charge < -0.3 is 0 Å². The zero-order valence-corrected chi connectivity index (χ0v) is 17.8. The van der Waals surface area contributed by atoms with Crippen LogP contribution in [0.25, 0.3) is 6.08 Å². The van der Waals surface area contributed by atoms with Gasteiger partial charge in [-0.2, -0.15) is 0 Å². The van der Waals surface area contributed by atoms with Crippen molar-refractivity contribution < 1.29 is 18.8 Å². The number of imide groups is 2. The second-order valence-corrected chi connectivity index (χ2v) is 7.72. The summed E-state index contributed by atoms with van der Waals surface area (Å²) >= 11 is 6.15. The minimum Gasteiger partial charge on any atom is -0.273 e. The normalized spacial score (nSPS) is 15.3. The number of carbonyl (C=O) groups excluding carboxylic acids is 3. The molecule has 4 rings (SSSR count). The molecule has 7 heteroatoms. The number of benzene rings is 3. The van der Waals surface area contributed by atoms with E-state index in [1.165, 1.54) is 12.1 Å². The first-order chi connectivity index (χ1) is 15.4. The zero-order valence-electron chi connectivity index (χ0n) is 17.1. The standard InChI is InChI=1S/C25H18ClFN2O3/c1-15-20(26)10-6-12-22(15)29-24(31)19(23(30)28-25(29)32)14-17-8-3-2-7-16(17)13-18-9-4-5-11-21(18)27/h2-12,14H,13H2,1H3,(H,28,30,32)/b19-14+. The predicted octanol–water partition coefficient (Wildman–Crippen LogP) is 5.04. The molecule has 0 aliphatic carbocycles. The molecule has 3 aromatic carbocycles. The maximum Gasteiger partial charge on any atom is 0.335 e. The summed E-state index contributed by atoms with van der Waals surface area (Å²) in [6, 6.07) is 17.5. The Morgan fingerprint density at radius 2 is 1.62 bits per heavy atom. The molecule has 1 aliphatic rings. The van der Waals surface area contributed by atoms with Crippen molar-refractivity contribution in [2.75, 3.05) is 4.90 Å². The van der Waals surface area contributed by atoms with Crippen molar-refractivity contribution in [2.45, 2.75) is 13.3 Å². The fourth-order valence-electron chi connectivity index (χ4n) is 3.55. The van der Waals surface area contributed by atoms with Crippen molar-refractivity contribution >= 4 is 41.2 Å². The van der Waals surface area contributed by atoms with Gasteiger partial charge >= 0.3 is 6.03 Å². The Balaban J connectivity index is 1.75. The van der Waals surface area contributed by atoms with E-state index in [2.05, 4.69) is 5.32 Å².